The van der Waals surface area contributed by atoms with Gasteiger partial charge in [0, 0.05) is 32.7 Å². The minimum atomic E-state index is -0.558. The predicted octanol–water partition coefficient (Wildman–Crippen LogP) is -0.311. The summed E-state index contributed by atoms with van der Waals surface area (Å²) in [5, 5.41) is 6.57. The summed E-state index contributed by atoms with van der Waals surface area (Å²) >= 11 is 0. The zero-order chi connectivity index (χ0) is 15.6. The highest BCUT2D eigenvalue weighted by Crippen LogP contribution is 2.11. The number of anilines is 1. The van der Waals surface area contributed by atoms with Gasteiger partial charge in [0.05, 0.1) is 0 Å². The van der Waals surface area contributed by atoms with Crippen molar-refractivity contribution < 1.29 is 4.39 Å². The average molecular weight is 293 g/mol. The lowest BCUT2D eigenvalue weighted by Gasteiger charge is -2.09. The molecule has 2 rings (SSSR count). The van der Waals surface area contributed by atoms with E-state index in [0.717, 1.165) is 9.25 Å². The first kappa shape index (κ1) is 14.9. The summed E-state index contributed by atoms with van der Waals surface area (Å²) in [6.45, 7) is 0.338. The van der Waals surface area contributed by atoms with Gasteiger partial charge < -0.3 is 11.1 Å². The molecule has 0 saturated heterocycles. The molecule has 21 heavy (non-hydrogen) atoms. The summed E-state index contributed by atoms with van der Waals surface area (Å²) in [5.41, 5.74) is 5.42. The Hall–Kier alpha value is -2.48. The summed E-state index contributed by atoms with van der Waals surface area (Å²) in [4.78, 5) is 23.4. The number of hydrogen-bond acceptors (Lipinski definition) is 5. The van der Waals surface area contributed by atoms with Crippen LogP contribution in [-0.4, -0.2) is 14.3 Å². The summed E-state index contributed by atoms with van der Waals surface area (Å²) in [6, 6.07) is 4.66. The van der Waals surface area contributed by atoms with Gasteiger partial charge in [0.15, 0.2) is 0 Å². The van der Waals surface area contributed by atoms with E-state index in [2.05, 4.69) is 10.4 Å². The molecule has 1 aromatic heterocycles. The van der Waals surface area contributed by atoms with E-state index in [1.807, 2.05) is 0 Å². The van der Waals surface area contributed by atoms with E-state index in [4.69, 9.17) is 5.73 Å². The third-order valence-electron chi connectivity index (χ3n) is 3.12. The molecule has 0 spiro atoms. The van der Waals surface area contributed by atoms with Crippen molar-refractivity contribution in [3.05, 3.63) is 56.0 Å². The Labute approximate surface area is 119 Å². The van der Waals surface area contributed by atoms with Gasteiger partial charge in [-0.1, -0.05) is 12.1 Å². The molecule has 1 heterocycles. The van der Waals surface area contributed by atoms with E-state index in [1.165, 1.54) is 20.2 Å². The number of nitrogens with zero attached hydrogens (tertiary/aromatic N) is 3. The van der Waals surface area contributed by atoms with Crippen molar-refractivity contribution in [3.63, 3.8) is 0 Å². The highest BCUT2D eigenvalue weighted by atomic mass is 19.1. The second-order valence-corrected chi connectivity index (χ2v) is 4.60. The van der Waals surface area contributed by atoms with Gasteiger partial charge in [0.2, 0.25) is 5.82 Å². The molecule has 1 aromatic carbocycles. The number of aryl methyl sites for hydroxylation is 1. The molecule has 2 aromatic rings. The third-order valence-corrected chi connectivity index (χ3v) is 3.12. The van der Waals surface area contributed by atoms with E-state index in [-0.39, 0.29) is 18.9 Å². The van der Waals surface area contributed by atoms with E-state index in [0.29, 0.717) is 11.1 Å². The SMILES string of the molecule is Cn1nc(NCc2ccc(CN)cc2F)c(=O)n(C)c1=O. The second-order valence-electron chi connectivity index (χ2n) is 4.60. The van der Waals surface area contributed by atoms with Gasteiger partial charge in [-0.15, -0.1) is 5.10 Å². The zero-order valence-corrected chi connectivity index (χ0v) is 11.8. The van der Waals surface area contributed by atoms with Gasteiger partial charge in [0.1, 0.15) is 5.82 Å². The first-order valence-electron chi connectivity index (χ1n) is 6.29. The van der Waals surface area contributed by atoms with Gasteiger partial charge in [-0.2, -0.15) is 0 Å². The molecule has 0 aliphatic rings. The van der Waals surface area contributed by atoms with Crippen LogP contribution in [0.1, 0.15) is 11.1 Å². The lowest BCUT2D eigenvalue weighted by Crippen LogP contribution is -2.39. The molecule has 7 nitrogen and oxygen atoms in total. The number of nitrogens with one attached hydrogen (secondary N) is 1. The van der Waals surface area contributed by atoms with Crippen LogP contribution in [0.15, 0.2) is 27.8 Å². The van der Waals surface area contributed by atoms with Crippen LogP contribution < -0.4 is 22.3 Å². The molecule has 0 aliphatic heterocycles. The highest BCUT2D eigenvalue weighted by Gasteiger charge is 2.09. The molecule has 0 aliphatic carbocycles. The Morgan fingerprint density at radius 1 is 1.33 bits per heavy atom. The molecule has 0 atom stereocenters. The Morgan fingerprint density at radius 2 is 2.05 bits per heavy atom. The van der Waals surface area contributed by atoms with Gasteiger partial charge in [-0.25, -0.2) is 13.9 Å². The molecule has 0 fully saturated rings. The Bertz CT molecular complexity index is 781. The minimum absolute atomic E-state index is 0.0121. The van der Waals surface area contributed by atoms with Crippen LogP contribution in [-0.2, 0) is 27.2 Å². The Kier molecular flexibility index (Phi) is 4.18. The summed E-state index contributed by atoms with van der Waals surface area (Å²) in [7, 11) is 2.79. The third kappa shape index (κ3) is 3.00. The molecule has 0 unspecified atom stereocenters. The molecule has 0 radical (unpaired) electrons. The maximum absolute atomic E-state index is 13.8. The molecule has 112 valence electrons. The summed E-state index contributed by atoms with van der Waals surface area (Å²) in [5.74, 6) is -0.422. The van der Waals surface area contributed by atoms with Crippen LogP contribution in [0, 0.1) is 5.82 Å². The fraction of sp³-hybridized carbons (Fsp3) is 0.308. The van der Waals surface area contributed by atoms with Crippen LogP contribution in [0.5, 0.6) is 0 Å². The fourth-order valence-corrected chi connectivity index (χ4v) is 1.85. The normalized spacial score (nSPS) is 10.7. The number of nitrogens with two attached hydrogens (primary N) is 1. The topological polar surface area (TPSA) is 94.9 Å². The fourth-order valence-electron chi connectivity index (χ4n) is 1.85. The predicted molar refractivity (Wildman–Crippen MR) is 76.3 cm³/mol. The first-order chi connectivity index (χ1) is 9.93. The van der Waals surface area contributed by atoms with E-state index < -0.39 is 17.1 Å². The summed E-state index contributed by atoms with van der Waals surface area (Å²) in [6.07, 6.45) is 0. The van der Waals surface area contributed by atoms with E-state index in [9.17, 15) is 14.0 Å². The molecular weight excluding hydrogens is 277 g/mol. The highest BCUT2D eigenvalue weighted by molar-refractivity contribution is 5.33. The van der Waals surface area contributed by atoms with Crippen LogP contribution in [0.4, 0.5) is 10.2 Å². The number of hydrogen-bond donors (Lipinski definition) is 2. The summed E-state index contributed by atoms with van der Waals surface area (Å²) < 4.78 is 15.8. The molecule has 8 heteroatoms. The standard InChI is InChI=1S/C13H16FN5O2/c1-18-12(20)11(17-19(2)13(18)21)16-7-9-4-3-8(6-15)5-10(9)14/h3-5H,6-7,15H2,1-2H3,(H,16,17). The molecule has 0 bridgehead atoms. The maximum Gasteiger partial charge on any atom is 0.346 e. The molecule has 0 saturated carbocycles. The maximum atomic E-state index is 13.8. The Morgan fingerprint density at radius 3 is 2.67 bits per heavy atom. The van der Waals surface area contributed by atoms with Crippen LogP contribution in [0.2, 0.25) is 0 Å². The first-order valence-corrected chi connectivity index (χ1v) is 6.29. The van der Waals surface area contributed by atoms with Crippen LogP contribution in [0.3, 0.4) is 0 Å². The molecule has 0 amide bonds. The monoisotopic (exact) mass is 293 g/mol. The smallest absolute Gasteiger partial charge is 0.346 e. The minimum Gasteiger partial charge on any atom is -0.360 e. The number of aromatic nitrogens is 3. The molecule has 3 N–H and O–H groups in total. The largest absolute Gasteiger partial charge is 0.360 e. The van der Waals surface area contributed by atoms with Crippen LogP contribution in [0.25, 0.3) is 0 Å². The number of benzene rings is 1. The van der Waals surface area contributed by atoms with E-state index >= 15 is 0 Å². The van der Waals surface area contributed by atoms with Crippen molar-refractivity contribution in [2.45, 2.75) is 13.1 Å². The van der Waals surface area contributed by atoms with Gasteiger partial charge in [0.25, 0.3) is 5.56 Å². The second kappa shape index (κ2) is 5.88. The van der Waals surface area contributed by atoms with Gasteiger partial charge in [-0.3, -0.25) is 9.36 Å². The van der Waals surface area contributed by atoms with Crippen molar-refractivity contribution in [3.8, 4) is 0 Å². The van der Waals surface area contributed by atoms with Crippen LogP contribution >= 0.6 is 0 Å². The van der Waals surface area contributed by atoms with Gasteiger partial charge >= 0.3 is 5.69 Å². The van der Waals surface area contributed by atoms with Crippen molar-refractivity contribution in [2.24, 2.45) is 19.8 Å². The molecular formula is C13H16FN5O2. The van der Waals surface area contributed by atoms with Crippen molar-refractivity contribution in [2.75, 3.05) is 5.32 Å². The van der Waals surface area contributed by atoms with Crippen molar-refractivity contribution >= 4 is 5.82 Å². The van der Waals surface area contributed by atoms with E-state index in [1.54, 1.807) is 12.1 Å². The van der Waals surface area contributed by atoms with Crippen molar-refractivity contribution in [1.29, 1.82) is 0 Å². The zero-order valence-electron chi connectivity index (χ0n) is 11.8. The van der Waals surface area contributed by atoms with Gasteiger partial charge in [-0.05, 0) is 11.6 Å². The Balaban J connectivity index is 2.25. The quantitative estimate of drug-likeness (QED) is 0.806. The lowest BCUT2D eigenvalue weighted by atomic mass is 10.1. The number of rotatable bonds is 4. The number of halogens is 1. The van der Waals surface area contributed by atoms with Crippen molar-refractivity contribution in [1.82, 2.24) is 14.3 Å². The lowest BCUT2D eigenvalue weighted by molar-refractivity contribution is 0.599. The average Bonchev–Trinajstić information content (AvgIpc) is 2.48.